The van der Waals surface area contributed by atoms with Crippen molar-refractivity contribution >= 4 is 66.3 Å². The fourth-order valence-electron chi connectivity index (χ4n) is 3.24. The van der Waals surface area contributed by atoms with Crippen molar-refractivity contribution in [1.29, 1.82) is 0 Å². The van der Waals surface area contributed by atoms with E-state index >= 15 is 0 Å². The Morgan fingerprint density at radius 2 is 0.703 bits per heavy atom. The topological polar surface area (TPSA) is 87.3 Å². The molecule has 0 aliphatic carbocycles. The number of hydrogen-bond acceptors (Lipinski definition) is 3. The molecule has 0 unspecified atom stereocenters. The first kappa shape index (κ1) is 27.8. The van der Waals surface area contributed by atoms with Crippen LogP contribution in [0.1, 0.15) is 20.8 Å². The van der Waals surface area contributed by atoms with Gasteiger partial charge in [0.15, 0.2) is 0 Å². The zero-order valence-electron chi connectivity index (χ0n) is 21.2. The molecule has 0 heterocycles. The molecule has 3 rings (SSSR count). The summed E-state index contributed by atoms with van der Waals surface area (Å²) in [6.07, 6.45) is 0. The van der Waals surface area contributed by atoms with E-state index in [9.17, 15) is 14.4 Å². The van der Waals surface area contributed by atoms with Crippen molar-refractivity contribution in [3.05, 3.63) is 109 Å². The fraction of sp³-hybridized carbons (Fsp3) is 0.100. The molecule has 3 aromatic carbocycles. The van der Waals surface area contributed by atoms with Crippen LogP contribution >= 0.6 is 0 Å². The number of amides is 3. The first-order chi connectivity index (χ1) is 17.5. The van der Waals surface area contributed by atoms with Crippen LogP contribution in [0.15, 0.2) is 109 Å². The molecule has 0 fully saturated rings. The van der Waals surface area contributed by atoms with Crippen molar-refractivity contribution in [3.8, 4) is 0 Å². The first-order valence-electron chi connectivity index (χ1n) is 11.6. The second-order valence-corrected chi connectivity index (χ2v) is 17.3. The molecule has 0 saturated heterocycles. The molecule has 3 amide bonds. The van der Waals surface area contributed by atoms with Gasteiger partial charge in [0.05, 0.1) is 0 Å². The quantitative estimate of drug-likeness (QED) is 0.237. The Kier molecular flexibility index (Phi) is 9.32. The number of nitrogens with one attached hydrogen (secondary N) is 3. The molecule has 0 atom stereocenters. The van der Waals surface area contributed by atoms with E-state index in [1.807, 2.05) is 36.4 Å². The van der Waals surface area contributed by atoms with E-state index in [0.717, 1.165) is 0 Å². The van der Waals surface area contributed by atoms with Gasteiger partial charge in [-0.05, 0) is 0 Å². The summed E-state index contributed by atoms with van der Waals surface area (Å²) in [5.74, 6) is -0.647. The van der Waals surface area contributed by atoms with Gasteiger partial charge < -0.3 is 0 Å². The summed E-state index contributed by atoms with van der Waals surface area (Å²) >= 11 is -2.76. The summed E-state index contributed by atoms with van der Waals surface area (Å²) in [7, 11) is 0. The van der Waals surface area contributed by atoms with Crippen LogP contribution in [0.4, 0.5) is 17.1 Å². The van der Waals surface area contributed by atoms with E-state index in [0.29, 0.717) is 33.8 Å². The molecule has 3 aromatic rings. The third-order valence-electron chi connectivity index (χ3n) is 5.31. The molecule has 37 heavy (non-hydrogen) atoms. The van der Waals surface area contributed by atoms with Gasteiger partial charge in [0.1, 0.15) is 0 Å². The molecule has 6 nitrogen and oxygen atoms in total. The van der Waals surface area contributed by atoms with E-state index in [-0.39, 0.29) is 17.7 Å². The Morgan fingerprint density at radius 3 is 0.892 bits per heavy atom. The number of carbonyl (C=O) groups is 3. The standard InChI is InChI=1S/3C10H10NO.Bi/c3*1-8(2)10(12)11-9-6-4-3-5-7-9;/h3*4-7H,1H2,2H3,(H,11,12);. The maximum atomic E-state index is 12.0. The van der Waals surface area contributed by atoms with Crippen molar-refractivity contribution in [2.45, 2.75) is 20.8 Å². The Bertz CT molecular complexity index is 1190. The Balaban J connectivity index is 1.95. The predicted molar refractivity (Wildman–Crippen MR) is 154 cm³/mol. The zero-order chi connectivity index (χ0) is 27.1. The SMILES string of the molecule is C=C(C)C(=O)Nc1cc[c]([Bi]([c]2ccc(NC(=O)C(=C)C)cc2)[c]2ccc(NC(=O)C(=C)C)cc2)cc1. The molecule has 7 heteroatoms. The summed E-state index contributed by atoms with van der Waals surface area (Å²) in [5.41, 5.74) is 3.44. The predicted octanol–water partition coefficient (Wildman–Crippen LogP) is 3.75. The third-order valence-corrected chi connectivity index (χ3v) is 14.8. The van der Waals surface area contributed by atoms with Crippen LogP contribution in [0, 0.1) is 0 Å². The molecule has 0 aliphatic rings. The van der Waals surface area contributed by atoms with Gasteiger partial charge in [-0.25, -0.2) is 0 Å². The zero-order valence-corrected chi connectivity index (χ0v) is 24.7. The number of carbonyl (C=O) groups excluding carboxylic acids is 3. The molecule has 3 N–H and O–H groups in total. The molecular weight excluding hydrogens is 659 g/mol. The molecule has 188 valence electrons. The van der Waals surface area contributed by atoms with E-state index in [4.69, 9.17) is 0 Å². The summed E-state index contributed by atoms with van der Waals surface area (Å²) < 4.78 is 3.63. The normalized spacial score (nSPS) is 10.4. The Labute approximate surface area is 225 Å². The van der Waals surface area contributed by atoms with Crippen LogP contribution in [-0.2, 0) is 14.4 Å². The van der Waals surface area contributed by atoms with Gasteiger partial charge in [0, 0.05) is 0 Å². The van der Waals surface area contributed by atoms with E-state index in [2.05, 4.69) is 72.1 Å². The second kappa shape index (κ2) is 12.4. The minimum atomic E-state index is -2.76. The van der Waals surface area contributed by atoms with E-state index < -0.39 is 21.8 Å². The molecule has 0 aliphatic heterocycles. The minimum absolute atomic E-state index is 0.216. The summed E-state index contributed by atoms with van der Waals surface area (Å²) in [4.78, 5) is 36.0. The molecule has 0 aromatic heterocycles. The van der Waals surface area contributed by atoms with E-state index in [1.165, 1.54) is 9.81 Å². The monoisotopic (exact) mass is 689 g/mol. The number of anilines is 3. The maximum absolute atomic E-state index is 12.0. The number of rotatable bonds is 9. The number of benzene rings is 3. The Hall–Kier alpha value is -3.83. The fourth-order valence-corrected chi connectivity index (χ4v) is 11.9. The van der Waals surface area contributed by atoms with Gasteiger partial charge in [-0.2, -0.15) is 0 Å². The van der Waals surface area contributed by atoms with Crippen molar-refractivity contribution in [3.63, 3.8) is 0 Å². The molecule has 0 radical (unpaired) electrons. The molecule has 0 spiro atoms. The van der Waals surface area contributed by atoms with Gasteiger partial charge >= 0.3 is 227 Å². The first-order valence-corrected chi connectivity index (χ1v) is 16.8. The summed E-state index contributed by atoms with van der Waals surface area (Å²) in [5, 5.41) is 8.54. The number of hydrogen-bond donors (Lipinski definition) is 3. The van der Waals surface area contributed by atoms with Crippen molar-refractivity contribution in [1.82, 2.24) is 0 Å². The van der Waals surface area contributed by atoms with Crippen LogP contribution in [0.2, 0.25) is 0 Å². The van der Waals surface area contributed by atoms with Crippen LogP contribution in [0.3, 0.4) is 0 Å². The van der Waals surface area contributed by atoms with Gasteiger partial charge in [0.2, 0.25) is 0 Å². The summed E-state index contributed by atoms with van der Waals surface area (Å²) in [6, 6.07) is 23.8. The van der Waals surface area contributed by atoms with Crippen molar-refractivity contribution in [2.75, 3.05) is 16.0 Å². The second-order valence-electron chi connectivity index (χ2n) is 8.68. The molecule has 0 saturated carbocycles. The average molecular weight is 690 g/mol. The summed E-state index contributed by atoms with van der Waals surface area (Å²) in [6.45, 7) is 16.0. The average Bonchev–Trinajstić information content (AvgIpc) is 2.87. The van der Waals surface area contributed by atoms with E-state index in [1.54, 1.807) is 20.8 Å². The van der Waals surface area contributed by atoms with Crippen LogP contribution in [0.25, 0.3) is 0 Å². The van der Waals surface area contributed by atoms with Gasteiger partial charge in [-0.15, -0.1) is 0 Å². The van der Waals surface area contributed by atoms with Crippen LogP contribution < -0.4 is 25.8 Å². The van der Waals surface area contributed by atoms with Gasteiger partial charge in [-0.1, -0.05) is 0 Å². The molecule has 0 bridgehead atoms. The van der Waals surface area contributed by atoms with Crippen LogP contribution in [-0.4, -0.2) is 39.5 Å². The van der Waals surface area contributed by atoms with Gasteiger partial charge in [0.25, 0.3) is 0 Å². The van der Waals surface area contributed by atoms with Crippen molar-refractivity contribution in [2.24, 2.45) is 0 Å². The van der Waals surface area contributed by atoms with Crippen LogP contribution in [0.5, 0.6) is 0 Å². The van der Waals surface area contributed by atoms with Gasteiger partial charge in [-0.3, -0.25) is 0 Å². The van der Waals surface area contributed by atoms with Crippen molar-refractivity contribution < 1.29 is 14.4 Å². The third kappa shape index (κ3) is 7.58. The molecular formula is C30H30BiN3O3. The Morgan fingerprint density at radius 1 is 0.486 bits per heavy atom.